The van der Waals surface area contributed by atoms with E-state index in [0.29, 0.717) is 15.6 Å². The van der Waals surface area contributed by atoms with Crippen molar-refractivity contribution in [2.45, 2.75) is 9.79 Å². The van der Waals surface area contributed by atoms with Gasteiger partial charge in [0.25, 0.3) is 0 Å². The standard InChI is InChI=1S/C16H10BrCl2N3O2S/c1-24-16(23)14(21-22-20)7-9-2-5-15(11(17)6-9)25-10-3-4-12(18)13(19)8-10/h2-8H,1H3/b14-7+. The lowest BCUT2D eigenvalue weighted by molar-refractivity contribution is -0.136. The highest BCUT2D eigenvalue weighted by Gasteiger charge is 2.09. The first kappa shape index (κ1) is 19.7. The summed E-state index contributed by atoms with van der Waals surface area (Å²) in [5.74, 6) is -0.705. The molecule has 0 amide bonds. The Morgan fingerprint density at radius 3 is 2.64 bits per heavy atom. The topological polar surface area (TPSA) is 75.1 Å². The van der Waals surface area contributed by atoms with Gasteiger partial charge in [0.05, 0.1) is 17.2 Å². The molecule has 0 N–H and O–H groups in total. The summed E-state index contributed by atoms with van der Waals surface area (Å²) in [6.45, 7) is 0. The quantitative estimate of drug-likeness (QED) is 0.164. The molecular formula is C16H10BrCl2N3O2S. The summed E-state index contributed by atoms with van der Waals surface area (Å²) in [7, 11) is 1.22. The molecule has 0 fully saturated rings. The molecule has 5 nitrogen and oxygen atoms in total. The lowest BCUT2D eigenvalue weighted by Crippen LogP contribution is -2.01. The van der Waals surface area contributed by atoms with Crippen LogP contribution >= 0.6 is 50.9 Å². The van der Waals surface area contributed by atoms with Gasteiger partial charge in [0.15, 0.2) is 0 Å². The van der Waals surface area contributed by atoms with E-state index in [1.807, 2.05) is 12.1 Å². The number of azide groups is 1. The number of hydrogen-bond acceptors (Lipinski definition) is 4. The first-order valence-corrected chi connectivity index (χ1v) is 9.08. The number of halogens is 3. The molecule has 9 heteroatoms. The summed E-state index contributed by atoms with van der Waals surface area (Å²) < 4.78 is 5.39. The Kier molecular flexibility index (Phi) is 7.23. The summed E-state index contributed by atoms with van der Waals surface area (Å²) in [4.78, 5) is 16.1. The van der Waals surface area contributed by atoms with Gasteiger partial charge in [0.1, 0.15) is 5.70 Å². The maximum Gasteiger partial charge on any atom is 0.340 e. The highest BCUT2D eigenvalue weighted by atomic mass is 79.9. The molecule has 0 saturated heterocycles. The smallest absolute Gasteiger partial charge is 0.340 e. The van der Waals surface area contributed by atoms with E-state index in [-0.39, 0.29) is 5.70 Å². The lowest BCUT2D eigenvalue weighted by Gasteiger charge is -2.07. The van der Waals surface area contributed by atoms with Gasteiger partial charge in [-0.3, -0.25) is 0 Å². The monoisotopic (exact) mass is 457 g/mol. The van der Waals surface area contributed by atoms with Crippen molar-refractivity contribution in [1.82, 2.24) is 0 Å². The van der Waals surface area contributed by atoms with Gasteiger partial charge in [-0.15, -0.1) is 0 Å². The van der Waals surface area contributed by atoms with E-state index >= 15 is 0 Å². The van der Waals surface area contributed by atoms with Crippen molar-refractivity contribution in [1.29, 1.82) is 0 Å². The molecule has 0 aliphatic heterocycles. The van der Waals surface area contributed by atoms with Crippen molar-refractivity contribution in [3.63, 3.8) is 0 Å². The Bertz CT molecular complexity index is 899. The third-order valence-electron chi connectivity index (χ3n) is 2.93. The molecule has 2 aromatic carbocycles. The molecule has 2 rings (SSSR count). The normalized spacial score (nSPS) is 11.0. The van der Waals surface area contributed by atoms with Gasteiger partial charge >= 0.3 is 5.97 Å². The molecule has 0 unspecified atom stereocenters. The van der Waals surface area contributed by atoms with Crippen LogP contribution in [0.15, 0.2) is 61.5 Å². The minimum Gasteiger partial charge on any atom is -0.466 e. The summed E-state index contributed by atoms with van der Waals surface area (Å²) in [5.41, 5.74) is 9.10. The molecule has 0 atom stereocenters. The number of methoxy groups -OCH3 is 1. The summed E-state index contributed by atoms with van der Waals surface area (Å²) in [5, 5.41) is 4.33. The van der Waals surface area contributed by atoms with Crippen LogP contribution in [0.5, 0.6) is 0 Å². The van der Waals surface area contributed by atoms with Crippen LogP contribution in [0.3, 0.4) is 0 Å². The zero-order valence-corrected chi connectivity index (χ0v) is 16.7. The molecule has 0 radical (unpaired) electrons. The summed E-state index contributed by atoms with van der Waals surface area (Å²) in [6, 6.07) is 10.9. The van der Waals surface area contributed by atoms with E-state index in [1.165, 1.54) is 24.9 Å². The second kappa shape index (κ2) is 9.17. The number of rotatable bonds is 5. The molecule has 2 aromatic rings. The maximum atomic E-state index is 11.6. The maximum absolute atomic E-state index is 11.6. The number of esters is 1. The third kappa shape index (κ3) is 5.42. The molecular weight excluding hydrogens is 449 g/mol. The number of hydrogen-bond donors (Lipinski definition) is 0. The predicted octanol–water partition coefficient (Wildman–Crippen LogP) is 6.73. The Balaban J connectivity index is 2.29. The Hall–Kier alpha value is -1.63. The van der Waals surface area contributed by atoms with Gasteiger partial charge in [0, 0.05) is 19.2 Å². The minimum absolute atomic E-state index is 0.123. The Morgan fingerprint density at radius 1 is 1.28 bits per heavy atom. The number of nitrogens with zero attached hydrogens (tertiary/aromatic N) is 3. The van der Waals surface area contributed by atoms with Crippen molar-refractivity contribution in [3.05, 3.63) is 72.6 Å². The van der Waals surface area contributed by atoms with Crippen LogP contribution in [-0.2, 0) is 9.53 Å². The molecule has 0 saturated carbocycles. The average molecular weight is 459 g/mol. The highest BCUT2D eigenvalue weighted by Crippen LogP contribution is 2.36. The van der Waals surface area contributed by atoms with E-state index in [4.69, 9.17) is 28.7 Å². The molecule has 0 aliphatic rings. The van der Waals surface area contributed by atoms with Gasteiger partial charge in [-0.25, -0.2) is 4.79 Å². The van der Waals surface area contributed by atoms with Crippen LogP contribution in [0.25, 0.3) is 16.5 Å². The molecule has 0 aliphatic carbocycles. The fraction of sp³-hybridized carbons (Fsp3) is 0.0625. The zero-order chi connectivity index (χ0) is 18.4. The molecule has 0 aromatic heterocycles. The zero-order valence-electron chi connectivity index (χ0n) is 12.7. The average Bonchev–Trinajstić information content (AvgIpc) is 2.59. The first-order valence-electron chi connectivity index (χ1n) is 6.72. The minimum atomic E-state index is -0.705. The van der Waals surface area contributed by atoms with Crippen LogP contribution in [-0.4, -0.2) is 13.1 Å². The second-order valence-corrected chi connectivity index (χ2v) is 7.36. The van der Waals surface area contributed by atoms with Gasteiger partial charge in [-0.2, -0.15) is 0 Å². The fourth-order valence-electron chi connectivity index (χ4n) is 1.80. The van der Waals surface area contributed by atoms with Gasteiger partial charge in [-0.05, 0) is 63.4 Å². The van der Waals surface area contributed by atoms with E-state index in [0.717, 1.165) is 14.3 Å². The third-order valence-corrected chi connectivity index (χ3v) is 5.65. The lowest BCUT2D eigenvalue weighted by atomic mass is 10.2. The van der Waals surface area contributed by atoms with Gasteiger partial charge in [-0.1, -0.05) is 46.1 Å². The number of carbonyl (C=O) groups is 1. The van der Waals surface area contributed by atoms with Gasteiger partial charge in [0.2, 0.25) is 0 Å². The van der Waals surface area contributed by atoms with E-state index in [2.05, 4.69) is 30.7 Å². The van der Waals surface area contributed by atoms with E-state index in [1.54, 1.807) is 24.3 Å². The molecule has 0 heterocycles. The second-order valence-electron chi connectivity index (χ2n) is 4.58. The Labute approximate surface area is 166 Å². The van der Waals surface area contributed by atoms with Crippen LogP contribution in [0.1, 0.15) is 5.56 Å². The highest BCUT2D eigenvalue weighted by molar-refractivity contribution is 9.10. The SMILES string of the molecule is COC(=O)/C(=C\c1ccc(Sc2ccc(Cl)c(Cl)c2)c(Br)c1)N=[N+]=[N-]. The molecule has 0 bridgehead atoms. The predicted molar refractivity (Wildman–Crippen MR) is 104 cm³/mol. The number of benzene rings is 2. The molecule has 0 spiro atoms. The van der Waals surface area contributed by atoms with Crippen LogP contribution in [0.4, 0.5) is 0 Å². The molecule has 25 heavy (non-hydrogen) atoms. The summed E-state index contributed by atoms with van der Waals surface area (Å²) >= 11 is 16.9. The van der Waals surface area contributed by atoms with Crippen molar-refractivity contribution < 1.29 is 9.53 Å². The number of carbonyl (C=O) groups excluding carboxylic acids is 1. The van der Waals surface area contributed by atoms with Crippen molar-refractivity contribution in [3.8, 4) is 0 Å². The van der Waals surface area contributed by atoms with Crippen molar-refractivity contribution >= 4 is 62.9 Å². The molecule has 128 valence electrons. The van der Waals surface area contributed by atoms with Crippen LogP contribution in [0.2, 0.25) is 10.0 Å². The Morgan fingerprint density at radius 2 is 2.04 bits per heavy atom. The van der Waals surface area contributed by atoms with Crippen LogP contribution < -0.4 is 0 Å². The van der Waals surface area contributed by atoms with Gasteiger partial charge < -0.3 is 4.74 Å². The number of ether oxygens (including phenoxy) is 1. The largest absolute Gasteiger partial charge is 0.466 e. The summed E-state index contributed by atoms with van der Waals surface area (Å²) in [6.07, 6.45) is 1.45. The van der Waals surface area contributed by atoms with Crippen molar-refractivity contribution in [2.24, 2.45) is 5.11 Å². The van der Waals surface area contributed by atoms with E-state index in [9.17, 15) is 4.79 Å². The first-order chi connectivity index (χ1) is 11.9. The van der Waals surface area contributed by atoms with Crippen LogP contribution in [0, 0.1) is 0 Å². The van der Waals surface area contributed by atoms with E-state index < -0.39 is 5.97 Å². The fourth-order valence-corrected chi connectivity index (χ4v) is 3.66. The van der Waals surface area contributed by atoms with Crippen molar-refractivity contribution in [2.75, 3.05) is 7.11 Å².